The summed E-state index contributed by atoms with van der Waals surface area (Å²) in [6, 6.07) is 10.1. The zero-order valence-electron chi connectivity index (χ0n) is 12.1. The Morgan fingerprint density at radius 2 is 1.71 bits per heavy atom. The summed E-state index contributed by atoms with van der Waals surface area (Å²) < 4.78 is 25.0. The van der Waals surface area contributed by atoms with Crippen LogP contribution in [0.2, 0.25) is 0 Å². The van der Waals surface area contributed by atoms with E-state index < -0.39 is 0 Å². The first-order chi connectivity index (χ1) is 10.1. The monoisotopic (exact) mass is 353 g/mol. The fourth-order valence-electron chi connectivity index (χ4n) is 2.29. The fraction of sp³-hybridized carbons (Fsp3) is 0.250. The highest BCUT2D eigenvalue weighted by Crippen LogP contribution is 2.34. The summed E-state index contributed by atoms with van der Waals surface area (Å²) >= 11 is 3.47. The second-order valence-electron chi connectivity index (χ2n) is 4.50. The minimum Gasteiger partial charge on any atom is -0.496 e. The summed E-state index contributed by atoms with van der Waals surface area (Å²) in [5, 5.41) is 3.19. The number of benzene rings is 2. The van der Waals surface area contributed by atoms with E-state index in [9.17, 15) is 4.39 Å². The molecular weight excluding hydrogens is 337 g/mol. The van der Waals surface area contributed by atoms with Gasteiger partial charge in [-0.2, -0.15) is 0 Å². The topological polar surface area (TPSA) is 30.5 Å². The second-order valence-corrected chi connectivity index (χ2v) is 5.36. The largest absolute Gasteiger partial charge is 0.496 e. The second kappa shape index (κ2) is 6.91. The van der Waals surface area contributed by atoms with Gasteiger partial charge in [-0.1, -0.05) is 6.07 Å². The summed E-state index contributed by atoms with van der Waals surface area (Å²) in [6.07, 6.45) is 0. The van der Waals surface area contributed by atoms with Gasteiger partial charge in [0.1, 0.15) is 17.3 Å². The molecule has 0 aliphatic rings. The lowest BCUT2D eigenvalue weighted by atomic mass is 9.97. The van der Waals surface area contributed by atoms with Gasteiger partial charge in [0.15, 0.2) is 0 Å². The Morgan fingerprint density at radius 1 is 1.05 bits per heavy atom. The summed E-state index contributed by atoms with van der Waals surface area (Å²) in [5.74, 6) is 1.10. The van der Waals surface area contributed by atoms with Gasteiger partial charge in [-0.25, -0.2) is 4.39 Å². The molecule has 5 heteroatoms. The standard InChI is InChI=1S/C16H17BrFNO2/c1-19-16(10-4-6-15(21-3)13(17)8-10)12-9-11(18)5-7-14(12)20-2/h4-9,16,19H,1-3H3. The number of hydrogen-bond donors (Lipinski definition) is 1. The van der Waals surface area contributed by atoms with E-state index in [1.54, 1.807) is 20.3 Å². The molecule has 0 heterocycles. The molecule has 0 radical (unpaired) electrons. The Kier molecular flexibility index (Phi) is 5.20. The summed E-state index contributed by atoms with van der Waals surface area (Å²) in [6.45, 7) is 0. The van der Waals surface area contributed by atoms with Crippen molar-refractivity contribution in [3.63, 3.8) is 0 Å². The van der Waals surface area contributed by atoms with Gasteiger partial charge in [0.2, 0.25) is 0 Å². The maximum atomic E-state index is 13.6. The molecule has 0 aliphatic carbocycles. The first-order valence-electron chi connectivity index (χ1n) is 6.44. The van der Waals surface area contributed by atoms with Crippen LogP contribution >= 0.6 is 15.9 Å². The van der Waals surface area contributed by atoms with Gasteiger partial charge in [0.05, 0.1) is 24.7 Å². The van der Waals surface area contributed by atoms with E-state index in [-0.39, 0.29) is 11.9 Å². The lowest BCUT2D eigenvalue weighted by molar-refractivity contribution is 0.403. The van der Waals surface area contributed by atoms with E-state index in [4.69, 9.17) is 9.47 Å². The Hall–Kier alpha value is -1.59. The molecule has 0 saturated heterocycles. The lowest BCUT2D eigenvalue weighted by Crippen LogP contribution is -2.18. The molecule has 0 bridgehead atoms. The zero-order chi connectivity index (χ0) is 15.4. The molecule has 2 aromatic rings. The molecule has 1 unspecified atom stereocenters. The van der Waals surface area contributed by atoms with Crippen LogP contribution in [0.5, 0.6) is 11.5 Å². The van der Waals surface area contributed by atoms with Gasteiger partial charge < -0.3 is 14.8 Å². The first-order valence-corrected chi connectivity index (χ1v) is 7.24. The molecule has 2 rings (SSSR count). The highest BCUT2D eigenvalue weighted by molar-refractivity contribution is 9.10. The number of nitrogens with one attached hydrogen (secondary N) is 1. The quantitative estimate of drug-likeness (QED) is 0.883. The van der Waals surface area contributed by atoms with Crippen LogP contribution in [0.3, 0.4) is 0 Å². The maximum absolute atomic E-state index is 13.6. The summed E-state index contributed by atoms with van der Waals surface area (Å²) in [7, 11) is 5.02. The van der Waals surface area contributed by atoms with Crippen LogP contribution in [-0.2, 0) is 0 Å². The summed E-state index contributed by atoms with van der Waals surface area (Å²) in [4.78, 5) is 0. The van der Waals surface area contributed by atoms with E-state index in [1.807, 2.05) is 25.2 Å². The van der Waals surface area contributed by atoms with Crippen LogP contribution in [0.25, 0.3) is 0 Å². The van der Waals surface area contributed by atoms with Crippen molar-refractivity contribution in [1.29, 1.82) is 0 Å². The van der Waals surface area contributed by atoms with E-state index in [1.165, 1.54) is 12.1 Å². The predicted molar refractivity (Wildman–Crippen MR) is 84.5 cm³/mol. The minimum absolute atomic E-state index is 0.183. The van der Waals surface area contributed by atoms with Gasteiger partial charge in [-0.3, -0.25) is 0 Å². The highest BCUT2D eigenvalue weighted by atomic mass is 79.9. The van der Waals surface area contributed by atoms with Crippen LogP contribution in [0, 0.1) is 5.82 Å². The molecule has 0 aliphatic heterocycles. The Labute approximate surface area is 132 Å². The first kappa shape index (κ1) is 15.8. The van der Waals surface area contributed by atoms with Crippen LogP contribution in [0.1, 0.15) is 17.2 Å². The van der Waals surface area contributed by atoms with Crippen molar-refractivity contribution in [3.8, 4) is 11.5 Å². The van der Waals surface area contributed by atoms with Crippen molar-refractivity contribution >= 4 is 15.9 Å². The van der Waals surface area contributed by atoms with Crippen LogP contribution in [-0.4, -0.2) is 21.3 Å². The molecule has 0 aromatic heterocycles. The molecule has 0 saturated carbocycles. The van der Waals surface area contributed by atoms with Crippen LogP contribution in [0.15, 0.2) is 40.9 Å². The van der Waals surface area contributed by atoms with E-state index in [0.29, 0.717) is 5.75 Å². The number of rotatable bonds is 5. The molecule has 21 heavy (non-hydrogen) atoms. The Balaban J connectivity index is 2.49. The smallest absolute Gasteiger partial charge is 0.133 e. The maximum Gasteiger partial charge on any atom is 0.133 e. The predicted octanol–water partition coefficient (Wildman–Crippen LogP) is 3.91. The zero-order valence-corrected chi connectivity index (χ0v) is 13.7. The average Bonchev–Trinajstić information content (AvgIpc) is 2.48. The molecule has 112 valence electrons. The van der Waals surface area contributed by atoms with Gasteiger partial charge in [-0.15, -0.1) is 0 Å². The minimum atomic E-state index is -0.293. The van der Waals surface area contributed by atoms with Crippen LogP contribution in [0.4, 0.5) is 4.39 Å². The lowest BCUT2D eigenvalue weighted by Gasteiger charge is -2.20. The van der Waals surface area contributed by atoms with Crippen molar-refractivity contribution in [2.24, 2.45) is 0 Å². The van der Waals surface area contributed by atoms with Gasteiger partial charge in [-0.05, 0) is 58.9 Å². The molecular formula is C16H17BrFNO2. The van der Waals surface area contributed by atoms with Crippen molar-refractivity contribution in [2.75, 3.05) is 21.3 Å². The molecule has 1 N–H and O–H groups in total. The normalized spacial score (nSPS) is 12.0. The van der Waals surface area contributed by atoms with Crippen LogP contribution < -0.4 is 14.8 Å². The number of hydrogen-bond acceptors (Lipinski definition) is 3. The third kappa shape index (κ3) is 3.36. The third-order valence-corrected chi connectivity index (χ3v) is 3.92. The molecule has 0 fully saturated rings. The van der Waals surface area contributed by atoms with Crippen molar-refractivity contribution in [2.45, 2.75) is 6.04 Å². The third-order valence-electron chi connectivity index (χ3n) is 3.30. The SMILES string of the molecule is CNC(c1ccc(OC)c(Br)c1)c1cc(F)ccc1OC. The average molecular weight is 354 g/mol. The van der Waals surface area contributed by atoms with E-state index >= 15 is 0 Å². The van der Waals surface area contributed by atoms with Gasteiger partial charge >= 0.3 is 0 Å². The molecule has 0 amide bonds. The van der Waals surface area contributed by atoms with Gasteiger partial charge in [0.25, 0.3) is 0 Å². The van der Waals surface area contributed by atoms with E-state index in [0.717, 1.165) is 21.3 Å². The van der Waals surface area contributed by atoms with Crippen molar-refractivity contribution in [1.82, 2.24) is 5.32 Å². The number of ether oxygens (including phenoxy) is 2. The molecule has 1 atom stereocenters. The van der Waals surface area contributed by atoms with Crippen molar-refractivity contribution < 1.29 is 13.9 Å². The fourth-order valence-corrected chi connectivity index (χ4v) is 2.85. The highest BCUT2D eigenvalue weighted by Gasteiger charge is 2.18. The van der Waals surface area contributed by atoms with Crippen molar-refractivity contribution in [3.05, 3.63) is 57.8 Å². The van der Waals surface area contributed by atoms with Gasteiger partial charge in [0, 0.05) is 5.56 Å². The molecule has 0 spiro atoms. The molecule has 2 aromatic carbocycles. The number of halogens is 2. The molecule has 3 nitrogen and oxygen atoms in total. The van der Waals surface area contributed by atoms with E-state index in [2.05, 4.69) is 21.2 Å². The number of methoxy groups -OCH3 is 2. The summed E-state index contributed by atoms with van der Waals surface area (Å²) in [5.41, 5.74) is 1.73. The Morgan fingerprint density at radius 3 is 2.29 bits per heavy atom. The Bertz CT molecular complexity index is 634.